The number of benzene rings is 2. The number of fused-ring (bicyclic) bond motifs is 1. The number of pyridine rings is 1. The zero-order valence-electron chi connectivity index (χ0n) is 19.2. The van der Waals surface area contributed by atoms with Crippen LogP contribution in [-0.2, 0) is 20.9 Å². The number of carbonyl (C=O) groups is 2. The van der Waals surface area contributed by atoms with E-state index in [1.807, 2.05) is 48.5 Å². The van der Waals surface area contributed by atoms with Crippen molar-refractivity contribution in [2.45, 2.75) is 20.4 Å². The molecule has 2 aromatic heterocycles. The molecule has 0 atom stereocenters. The van der Waals surface area contributed by atoms with Gasteiger partial charge in [-0.15, -0.1) is 11.3 Å². The zero-order valence-corrected chi connectivity index (χ0v) is 20.0. The summed E-state index contributed by atoms with van der Waals surface area (Å²) in [6.45, 7) is 4.53. The smallest absolute Gasteiger partial charge is 0.320 e. The Kier molecular flexibility index (Phi) is 7.61. The van der Waals surface area contributed by atoms with E-state index in [9.17, 15) is 9.59 Å². The van der Waals surface area contributed by atoms with Crippen LogP contribution in [0.4, 0.5) is 5.69 Å². The van der Waals surface area contributed by atoms with Gasteiger partial charge in [0.05, 0.1) is 35.6 Å². The summed E-state index contributed by atoms with van der Waals surface area (Å²) >= 11 is 1.65. The molecule has 0 saturated carbocycles. The fourth-order valence-electron chi connectivity index (χ4n) is 3.53. The number of rotatable bonds is 9. The molecular weight excluding hydrogens is 448 g/mol. The Morgan fingerprint density at radius 1 is 1.06 bits per heavy atom. The van der Waals surface area contributed by atoms with Gasteiger partial charge in [0.15, 0.2) is 0 Å². The van der Waals surface area contributed by atoms with Crippen LogP contribution in [0.1, 0.15) is 18.2 Å². The first-order valence-electron chi connectivity index (χ1n) is 11.1. The molecule has 0 spiro atoms. The van der Waals surface area contributed by atoms with Gasteiger partial charge in [-0.25, -0.2) is 4.98 Å². The molecule has 0 radical (unpaired) electrons. The summed E-state index contributed by atoms with van der Waals surface area (Å²) in [4.78, 5) is 35.5. The number of aryl methyl sites for hydroxylation is 1. The number of nitrogens with zero attached hydrogens (tertiary/aromatic N) is 3. The number of ether oxygens (including phenoxy) is 1. The Bertz CT molecular complexity index is 1270. The Balaban J connectivity index is 1.41. The number of hydrogen-bond acceptors (Lipinski definition) is 7. The molecule has 174 valence electrons. The fraction of sp³-hybridized carbons (Fsp3) is 0.231. The second kappa shape index (κ2) is 11.0. The van der Waals surface area contributed by atoms with Gasteiger partial charge in [0, 0.05) is 24.0 Å². The third kappa shape index (κ3) is 6.24. The lowest BCUT2D eigenvalue weighted by molar-refractivity contribution is -0.144. The molecule has 0 aliphatic rings. The standard InChI is InChI=1S/C26H26N4O3S/c1-3-33-25(32)17-30(15-21-6-4-5-13-27-21)16-24(31)28-20-10-8-19(9-11-20)26-29-22-12-7-18(2)14-23(22)34-26/h4-14H,3,15-17H2,1-2H3,(H,28,31). The van der Waals surface area contributed by atoms with Gasteiger partial charge < -0.3 is 10.1 Å². The minimum absolute atomic E-state index is 0.00779. The Morgan fingerprint density at radius 2 is 1.88 bits per heavy atom. The van der Waals surface area contributed by atoms with Gasteiger partial charge in [0.25, 0.3) is 0 Å². The van der Waals surface area contributed by atoms with Crippen molar-refractivity contribution in [1.82, 2.24) is 14.9 Å². The maximum Gasteiger partial charge on any atom is 0.320 e. The van der Waals surface area contributed by atoms with E-state index in [1.165, 1.54) is 5.56 Å². The summed E-state index contributed by atoms with van der Waals surface area (Å²) in [6, 6.07) is 19.4. The van der Waals surface area contributed by atoms with Gasteiger partial charge in [-0.1, -0.05) is 12.1 Å². The average Bonchev–Trinajstić information content (AvgIpc) is 3.23. The molecule has 1 N–H and O–H groups in total. The average molecular weight is 475 g/mol. The molecule has 2 aromatic carbocycles. The van der Waals surface area contributed by atoms with E-state index in [2.05, 4.69) is 29.4 Å². The van der Waals surface area contributed by atoms with Crippen molar-refractivity contribution in [3.8, 4) is 10.6 Å². The molecule has 0 aliphatic heterocycles. The first kappa shape index (κ1) is 23.5. The highest BCUT2D eigenvalue weighted by atomic mass is 32.1. The second-order valence-corrected chi connectivity index (χ2v) is 8.92. The van der Waals surface area contributed by atoms with Crippen LogP contribution in [0.3, 0.4) is 0 Å². The van der Waals surface area contributed by atoms with Gasteiger partial charge in [0.2, 0.25) is 5.91 Å². The van der Waals surface area contributed by atoms with E-state index < -0.39 is 0 Å². The van der Waals surface area contributed by atoms with E-state index in [0.717, 1.165) is 26.5 Å². The SMILES string of the molecule is CCOC(=O)CN(CC(=O)Nc1ccc(-c2nc3ccc(C)cc3s2)cc1)Cc1ccccn1. The van der Waals surface area contributed by atoms with E-state index in [-0.39, 0.29) is 25.0 Å². The third-order valence-corrected chi connectivity index (χ3v) is 6.16. The first-order chi connectivity index (χ1) is 16.5. The predicted octanol–water partition coefficient (Wildman–Crippen LogP) is 4.67. The normalized spacial score (nSPS) is 11.0. The van der Waals surface area contributed by atoms with Crippen molar-refractivity contribution in [3.63, 3.8) is 0 Å². The van der Waals surface area contributed by atoms with Gasteiger partial charge in [0.1, 0.15) is 5.01 Å². The molecule has 0 aliphatic carbocycles. The van der Waals surface area contributed by atoms with Crippen LogP contribution in [0.15, 0.2) is 66.9 Å². The van der Waals surface area contributed by atoms with Crippen LogP contribution in [0.25, 0.3) is 20.8 Å². The molecule has 0 unspecified atom stereocenters. The minimum atomic E-state index is -0.374. The van der Waals surface area contributed by atoms with Crippen LogP contribution < -0.4 is 5.32 Å². The summed E-state index contributed by atoms with van der Waals surface area (Å²) in [5.41, 5.74) is 4.64. The molecular formula is C26H26N4O3S. The van der Waals surface area contributed by atoms with Crippen molar-refractivity contribution in [2.24, 2.45) is 0 Å². The van der Waals surface area contributed by atoms with Crippen molar-refractivity contribution in [1.29, 1.82) is 0 Å². The van der Waals surface area contributed by atoms with Gasteiger partial charge in [-0.3, -0.25) is 19.5 Å². The molecule has 1 amide bonds. The lowest BCUT2D eigenvalue weighted by atomic mass is 10.2. The highest BCUT2D eigenvalue weighted by Crippen LogP contribution is 2.31. The third-order valence-electron chi connectivity index (χ3n) is 5.10. The molecule has 34 heavy (non-hydrogen) atoms. The summed E-state index contributed by atoms with van der Waals surface area (Å²) in [6.07, 6.45) is 1.69. The van der Waals surface area contributed by atoms with Crippen LogP contribution in [0.5, 0.6) is 0 Å². The number of aromatic nitrogens is 2. The maximum absolute atomic E-state index is 12.7. The van der Waals surface area contributed by atoms with E-state index >= 15 is 0 Å². The molecule has 0 saturated heterocycles. The Labute approximate surface area is 202 Å². The molecule has 0 fully saturated rings. The van der Waals surface area contributed by atoms with Crippen molar-refractivity contribution in [2.75, 3.05) is 25.0 Å². The number of anilines is 1. The summed E-state index contributed by atoms with van der Waals surface area (Å²) in [5.74, 6) is -0.593. The quantitative estimate of drug-likeness (QED) is 0.355. The van der Waals surface area contributed by atoms with Crippen LogP contribution in [0.2, 0.25) is 0 Å². The summed E-state index contributed by atoms with van der Waals surface area (Å²) in [5, 5.41) is 3.85. The molecule has 7 nitrogen and oxygen atoms in total. The number of esters is 1. The Morgan fingerprint density at radius 3 is 2.62 bits per heavy atom. The van der Waals surface area contributed by atoms with Gasteiger partial charge >= 0.3 is 5.97 Å². The predicted molar refractivity (Wildman–Crippen MR) is 135 cm³/mol. The summed E-state index contributed by atoms with van der Waals surface area (Å²) in [7, 11) is 0. The highest BCUT2D eigenvalue weighted by molar-refractivity contribution is 7.21. The molecule has 4 rings (SSSR count). The number of nitrogens with one attached hydrogen (secondary N) is 1. The lowest BCUT2D eigenvalue weighted by Crippen LogP contribution is -2.37. The topological polar surface area (TPSA) is 84.4 Å². The maximum atomic E-state index is 12.7. The second-order valence-electron chi connectivity index (χ2n) is 7.89. The van der Waals surface area contributed by atoms with Crippen LogP contribution >= 0.6 is 11.3 Å². The molecule has 2 heterocycles. The molecule has 8 heteroatoms. The fourth-order valence-corrected chi connectivity index (χ4v) is 4.60. The van der Waals surface area contributed by atoms with Gasteiger partial charge in [-0.05, 0) is 67.9 Å². The van der Waals surface area contributed by atoms with E-state index in [0.29, 0.717) is 18.8 Å². The monoisotopic (exact) mass is 474 g/mol. The summed E-state index contributed by atoms with van der Waals surface area (Å²) < 4.78 is 6.21. The van der Waals surface area contributed by atoms with Crippen molar-refractivity contribution in [3.05, 3.63) is 78.1 Å². The first-order valence-corrected chi connectivity index (χ1v) is 11.9. The molecule has 4 aromatic rings. The van der Waals surface area contributed by atoms with Crippen molar-refractivity contribution >= 4 is 39.1 Å². The van der Waals surface area contributed by atoms with Gasteiger partial charge in [-0.2, -0.15) is 0 Å². The lowest BCUT2D eigenvalue weighted by Gasteiger charge is -2.20. The van der Waals surface area contributed by atoms with E-state index in [1.54, 1.807) is 29.4 Å². The molecule has 0 bridgehead atoms. The largest absolute Gasteiger partial charge is 0.465 e. The van der Waals surface area contributed by atoms with Crippen molar-refractivity contribution < 1.29 is 14.3 Å². The number of amides is 1. The number of thiazole rings is 1. The Hall–Kier alpha value is -3.62. The van der Waals surface area contributed by atoms with Crippen LogP contribution in [-0.4, -0.2) is 46.4 Å². The highest BCUT2D eigenvalue weighted by Gasteiger charge is 2.17. The minimum Gasteiger partial charge on any atom is -0.465 e. The van der Waals surface area contributed by atoms with E-state index in [4.69, 9.17) is 9.72 Å². The number of carbonyl (C=O) groups excluding carboxylic acids is 2. The number of hydrogen-bond donors (Lipinski definition) is 1. The van der Waals surface area contributed by atoms with Crippen LogP contribution in [0, 0.1) is 6.92 Å². The zero-order chi connectivity index (χ0) is 23.9.